The van der Waals surface area contributed by atoms with E-state index in [1.807, 2.05) is 31.2 Å². The van der Waals surface area contributed by atoms with Gasteiger partial charge in [0.25, 0.3) is 5.91 Å². The van der Waals surface area contributed by atoms with Crippen molar-refractivity contribution < 1.29 is 9.90 Å². The number of hydrogen-bond donors (Lipinski definition) is 2. The average Bonchev–Trinajstić information content (AvgIpc) is 2.68. The zero-order valence-corrected chi connectivity index (χ0v) is 10.5. The second-order valence-electron chi connectivity index (χ2n) is 4.39. The number of nitrogens with zero attached hydrogens (tertiary/aromatic N) is 1. The normalized spacial score (nSPS) is 16.1. The van der Waals surface area contributed by atoms with E-state index in [1.54, 1.807) is 6.92 Å². The van der Waals surface area contributed by atoms with Crippen molar-refractivity contribution >= 4 is 11.6 Å². The van der Waals surface area contributed by atoms with Crippen LogP contribution >= 0.6 is 0 Å². The molecule has 2 rings (SSSR count). The third-order valence-corrected chi connectivity index (χ3v) is 2.91. The summed E-state index contributed by atoms with van der Waals surface area (Å²) in [6, 6.07) is 8.07. The van der Waals surface area contributed by atoms with Crippen LogP contribution in [0.3, 0.4) is 0 Å². The van der Waals surface area contributed by atoms with Crippen molar-refractivity contribution in [3.8, 4) is 0 Å². The largest absolute Gasteiger partial charge is 0.510 e. The van der Waals surface area contributed by atoms with Crippen molar-refractivity contribution in [2.24, 2.45) is 4.99 Å². The maximum absolute atomic E-state index is 11.5. The number of amides is 1. The second-order valence-corrected chi connectivity index (χ2v) is 4.39. The molecule has 18 heavy (non-hydrogen) atoms. The lowest BCUT2D eigenvalue weighted by atomic mass is 10.1. The van der Waals surface area contributed by atoms with Gasteiger partial charge < -0.3 is 10.4 Å². The Bertz CT molecular complexity index is 527. The van der Waals surface area contributed by atoms with Crippen LogP contribution in [0.15, 0.2) is 40.6 Å². The Morgan fingerprint density at radius 3 is 2.61 bits per heavy atom. The summed E-state index contributed by atoms with van der Waals surface area (Å²) in [5.74, 6) is -0.178. The van der Waals surface area contributed by atoms with Crippen LogP contribution in [0.5, 0.6) is 0 Å². The fraction of sp³-hybridized carbons (Fsp3) is 0.286. The number of carbonyl (C=O) groups is 1. The molecule has 94 valence electrons. The highest BCUT2D eigenvalue weighted by Crippen LogP contribution is 2.12. The highest BCUT2D eigenvalue weighted by Gasteiger charge is 2.24. The van der Waals surface area contributed by atoms with E-state index in [0.717, 1.165) is 5.56 Å². The molecule has 0 radical (unpaired) electrons. The minimum atomic E-state index is -0.252. The Labute approximate surface area is 106 Å². The molecule has 1 heterocycles. The van der Waals surface area contributed by atoms with E-state index < -0.39 is 0 Å². The number of hydrogen-bond acceptors (Lipinski definition) is 3. The van der Waals surface area contributed by atoms with Crippen LogP contribution in [0.1, 0.15) is 18.1 Å². The fourth-order valence-corrected chi connectivity index (χ4v) is 1.83. The van der Waals surface area contributed by atoms with Gasteiger partial charge in [-0.1, -0.05) is 29.8 Å². The monoisotopic (exact) mass is 244 g/mol. The molecule has 0 atom stereocenters. The smallest absolute Gasteiger partial charge is 0.256 e. The van der Waals surface area contributed by atoms with Crippen LogP contribution in [0.25, 0.3) is 0 Å². The van der Waals surface area contributed by atoms with E-state index in [9.17, 15) is 9.90 Å². The van der Waals surface area contributed by atoms with E-state index in [-0.39, 0.29) is 18.2 Å². The lowest BCUT2D eigenvalue weighted by molar-refractivity contribution is -0.116. The predicted molar refractivity (Wildman–Crippen MR) is 70.7 cm³/mol. The van der Waals surface area contributed by atoms with Crippen LogP contribution in [0.4, 0.5) is 0 Å². The zero-order valence-electron chi connectivity index (χ0n) is 10.5. The van der Waals surface area contributed by atoms with Gasteiger partial charge in [-0.15, -0.1) is 0 Å². The highest BCUT2D eigenvalue weighted by molar-refractivity contribution is 6.22. The van der Waals surface area contributed by atoms with Gasteiger partial charge in [0.2, 0.25) is 0 Å². The summed E-state index contributed by atoms with van der Waals surface area (Å²) < 4.78 is 0. The molecule has 1 amide bonds. The van der Waals surface area contributed by atoms with Crippen LogP contribution in [-0.4, -0.2) is 23.3 Å². The first-order valence-corrected chi connectivity index (χ1v) is 5.85. The van der Waals surface area contributed by atoms with E-state index in [2.05, 4.69) is 10.3 Å². The van der Waals surface area contributed by atoms with Crippen molar-refractivity contribution in [1.29, 1.82) is 0 Å². The molecule has 0 bridgehead atoms. The minimum absolute atomic E-state index is 0.0742. The van der Waals surface area contributed by atoms with Gasteiger partial charge in [-0.25, -0.2) is 0 Å². The number of nitrogens with one attached hydrogen (secondary N) is 1. The van der Waals surface area contributed by atoms with Gasteiger partial charge in [0.05, 0.1) is 18.7 Å². The summed E-state index contributed by atoms with van der Waals surface area (Å²) in [7, 11) is 0. The predicted octanol–water partition coefficient (Wildman–Crippen LogP) is 1.90. The summed E-state index contributed by atoms with van der Waals surface area (Å²) >= 11 is 0. The van der Waals surface area contributed by atoms with E-state index in [4.69, 9.17) is 0 Å². The van der Waals surface area contributed by atoms with Crippen LogP contribution in [-0.2, 0) is 11.3 Å². The van der Waals surface area contributed by atoms with Crippen molar-refractivity contribution in [3.05, 3.63) is 46.7 Å². The molecule has 1 aliphatic heterocycles. The number of aliphatic imine (C=N–C) groups is 1. The maximum atomic E-state index is 11.5. The molecular weight excluding hydrogens is 228 g/mol. The molecule has 1 aliphatic rings. The van der Waals surface area contributed by atoms with Crippen LogP contribution in [0, 0.1) is 6.92 Å². The third-order valence-electron chi connectivity index (χ3n) is 2.91. The number of benzene rings is 1. The Morgan fingerprint density at radius 2 is 2.06 bits per heavy atom. The average molecular weight is 244 g/mol. The Balaban J connectivity index is 2.12. The number of rotatable bonds is 3. The van der Waals surface area contributed by atoms with Gasteiger partial charge in [0.1, 0.15) is 5.76 Å². The molecule has 0 fully saturated rings. The summed E-state index contributed by atoms with van der Waals surface area (Å²) in [4.78, 5) is 15.8. The topological polar surface area (TPSA) is 61.7 Å². The zero-order chi connectivity index (χ0) is 13.1. The standard InChI is InChI=1S/C14H16N2O2/c1-9-3-5-11(6-4-9)7-15-10(2)13-12(17)8-16-14(13)18/h3-6,17H,7-8H2,1-2H3,(H,16,18). The molecule has 1 aromatic carbocycles. The summed E-state index contributed by atoms with van der Waals surface area (Å²) in [5, 5.41) is 12.1. The number of aliphatic hydroxyl groups excluding tert-OH is 1. The van der Waals surface area contributed by atoms with Crippen molar-refractivity contribution in [1.82, 2.24) is 5.32 Å². The molecule has 4 nitrogen and oxygen atoms in total. The number of carbonyl (C=O) groups excluding carboxylic acids is 1. The van der Waals surface area contributed by atoms with Gasteiger partial charge >= 0.3 is 0 Å². The third kappa shape index (κ3) is 2.59. The molecule has 0 saturated carbocycles. The highest BCUT2D eigenvalue weighted by atomic mass is 16.3. The van der Waals surface area contributed by atoms with E-state index >= 15 is 0 Å². The number of aryl methyl sites for hydroxylation is 1. The fourth-order valence-electron chi connectivity index (χ4n) is 1.83. The quantitative estimate of drug-likeness (QED) is 0.798. The molecular formula is C14H16N2O2. The Kier molecular flexibility index (Phi) is 3.46. The van der Waals surface area contributed by atoms with Gasteiger partial charge in [0.15, 0.2) is 0 Å². The van der Waals surface area contributed by atoms with Gasteiger partial charge in [-0.05, 0) is 19.4 Å². The SMILES string of the molecule is CC(=NCc1ccc(C)cc1)C1=C(O)CNC1=O. The molecule has 0 saturated heterocycles. The van der Waals surface area contributed by atoms with Crippen molar-refractivity contribution in [2.45, 2.75) is 20.4 Å². The molecule has 2 N–H and O–H groups in total. The first-order chi connectivity index (χ1) is 8.58. The molecule has 0 aromatic heterocycles. The van der Waals surface area contributed by atoms with Crippen molar-refractivity contribution in [2.75, 3.05) is 6.54 Å². The summed E-state index contributed by atoms with van der Waals surface area (Å²) in [6.07, 6.45) is 0. The van der Waals surface area contributed by atoms with Gasteiger partial charge in [-0.3, -0.25) is 9.79 Å². The first kappa shape index (κ1) is 12.4. The van der Waals surface area contributed by atoms with E-state index in [1.165, 1.54) is 5.56 Å². The van der Waals surface area contributed by atoms with Crippen molar-refractivity contribution in [3.63, 3.8) is 0 Å². The molecule has 4 heteroatoms. The molecule has 0 unspecified atom stereocenters. The summed E-state index contributed by atoms with van der Waals surface area (Å²) in [5.41, 5.74) is 3.17. The van der Waals surface area contributed by atoms with Gasteiger partial charge in [0, 0.05) is 5.71 Å². The molecule has 0 spiro atoms. The Hall–Kier alpha value is -2.10. The molecule has 0 aliphatic carbocycles. The first-order valence-electron chi connectivity index (χ1n) is 5.85. The van der Waals surface area contributed by atoms with Crippen LogP contribution < -0.4 is 5.32 Å². The molecule has 1 aromatic rings. The summed E-state index contributed by atoms with van der Waals surface area (Å²) in [6.45, 7) is 4.48. The van der Waals surface area contributed by atoms with Crippen LogP contribution in [0.2, 0.25) is 0 Å². The van der Waals surface area contributed by atoms with E-state index in [0.29, 0.717) is 17.8 Å². The lowest BCUT2D eigenvalue weighted by Gasteiger charge is -2.02. The Morgan fingerprint density at radius 1 is 1.39 bits per heavy atom. The maximum Gasteiger partial charge on any atom is 0.256 e. The number of aliphatic hydroxyl groups is 1. The second kappa shape index (κ2) is 5.04. The lowest BCUT2D eigenvalue weighted by Crippen LogP contribution is -2.20. The van der Waals surface area contributed by atoms with Gasteiger partial charge in [-0.2, -0.15) is 0 Å². The minimum Gasteiger partial charge on any atom is -0.510 e.